The van der Waals surface area contributed by atoms with Crippen molar-refractivity contribution in [2.75, 3.05) is 14.2 Å². The zero-order chi connectivity index (χ0) is 9.41. The van der Waals surface area contributed by atoms with Gasteiger partial charge in [-0.3, -0.25) is 13.5 Å². The zero-order valence-electron chi connectivity index (χ0n) is 7.04. The van der Waals surface area contributed by atoms with E-state index in [1.54, 1.807) is 0 Å². The van der Waals surface area contributed by atoms with Crippen molar-refractivity contribution in [3.8, 4) is 0 Å². The first-order chi connectivity index (χ1) is 4.83. The predicted octanol–water partition coefficient (Wildman–Crippen LogP) is -1.33. The fourth-order valence-corrected chi connectivity index (χ4v) is 0. The van der Waals surface area contributed by atoms with Crippen LogP contribution in [0.4, 0.5) is 0 Å². The van der Waals surface area contributed by atoms with Crippen molar-refractivity contribution in [2.24, 2.45) is 0 Å². The minimum atomic E-state index is 0. The van der Waals surface area contributed by atoms with E-state index in [4.69, 9.17) is 22.5 Å². The molecule has 0 heterocycles. The number of aliphatic hydroxyl groups is 2. The maximum Gasteiger partial charge on any atom is 0.0319 e. The second kappa shape index (κ2) is 46000. The number of rotatable bonds is 0. The first-order valence-corrected chi connectivity index (χ1v) is 1.30. The van der Waals surface area contributed by atoms with Crippen molar-refractivity contribution in [3.63, 3.8) is 0 Å². The smallest absolute Gasteiger partial charge is 0.0319 e. The summed E-state index contributed by atoms with van der Waals surface area (Å²) in [5.41, 5.74) is 0. The van der Waals surface area contributed by atoms with Crippen LogP contribution < -0.4 is 0 Å². The van der Waals surface area contributed by atoms with Gasteiger partial charge in [-0.2, -0.15) is 2.74 Å². The molecule has 1 radical (unpaired) electrons. The normalized spacial score (nSPS) is 4.44. The molecular weight excluding hydrogens is 304 g/mol. The van der Waals surface area contributed by atoms with Gasteiger partial charge in [-0.1, -0.05) is 0 Å². The third-order valence-corrected chi connectivity index (χ3v) is 0. The molecule has 0 saturated carbocycles. The van der Waals surface area contributed by atoms with Crippen molar-refractivity contribution < 1.29 is 42.6 Å². The number of carbonyl (C=O) groups excluding carboxylic acids is 2. The van der Waals surface area contributed by atoms with Crippen LogP contribution in [0.3, 0.4) is 0 Å². The van der Waals surface area contributed by atoms with Crippen molar-refractivity contribution in [2.45, 2.75) is 0 Å². The molecule has 0 saturated heterocycles. The van der Waals surface area contributed by atoms with E-state index in [1.807, 2.05) is 0 Å². The fraction of sp³-hybridized carbons (Fsp3) is 0.500. The van der Waals surface area contributed by atoms with Crippen LogP contribution in [0.2, 0.25) is 0 Å². The SMILES string of the molecule is CO.CO.[2H][C-]=O.[2H][C-]=O.[Ir]. The van der Waals surface area contributed by atoms with Crippen LogP contribution in [-0.2, 0) is 29.7 Å². The first kappa shape index (κ1) is 16.0. The van der Waals surface area contributed by atoms with Crippen molar-refractivity contribution in [3.05, 3.63) is 0 Å². The maximum absolute atomic E-state index is 8.35. The molecule has 5 heteroatoms. The summed E-state index contributed by atoms with van der Waals surface area (Å²) in [5, 5.41) is 14.0. The van der Waals surface area contributed by atoms with Gasteiger partial charge in [-0.15, -0.1) is 0 Å². The second-order valence-corrected chi connectivity index (χ2v) is 0. The molecule has 0 rings (SSSR count). The van der Waals surface area contributed by atoms with E-state index < -0.39 is 0 Å². The molecule has 9 heavy (non-hydrogen) atoms. The molecule has 61 valence electrons. The van der Waals surface area contributed by atoms with Crippen LogP contribution in [-0.4, -0.2) is 38.0 Å². The molecule has 0 bridgehead atoms. The van der Waals surface area contributed by atoms with E-state index in [2.05, 4.69) is 0 Å². The van der Waals surface area contributed by atoms with Crippen LogP contribution in [0.25, 0.3) is 0 Å². The van der Waals surface area contributed by atoms with Crippen molar-refractivity contribution >= 4 is 13.5 Å². The Kier molecular flexibility index (Phi) is 81500. The monoisotopic (exact) mass is 317 g/mol. The third-order valence-electron chi connectivity index (χ3n) is 0. The molecule has 0 fully saturated rings. The van der Waals surface area contributed by atoms with Crippen LogP contribution in [0.5, 0.6) is 0 Å². The topological polar surface area (TPSA) is 74.6 Å². The largest absolute Gasteiger partial charge is 0.545 e. The van der Waals surface area contributed by atoms with E-state index in [-0.39, 0.29) is 20.1 Å². The summed E-state index contributed by atoms with van der Waals surface area (Å²) < 4.78 is 10.8. The Morgan fingerprint density at radius 3 is 1.11 bits per heavy atom. The van der Waals surface area contributed by atoms with Gasteiger partial charge in [0.2, 0.25) is 0 Å². The van der Waals surface area contributed by atoms with Gasteiger partial charge < -0.3 is 19.8 Å². The summed E-state index contributed by atoms with van der Waals surface area (Å²) >= 11 is 0. The summed E-state index contributed by atoms with van der Waals surface area (Å²) in [7, 11) is 2.00. The molecular formula is C4H10IrO4-2. The summed E-state index contributed by atoms with van der Waals surface area (Å²) in [6.07, 6.45) is 0. The third kappa shape index (κ3) is 33600. The number of aliphatic hydroxyl groups excluding tert-OH is 2. The van der Waals surface area contributed by atoms with Crippen molar-refractivity contribution in [1.82, 2.24) is 0 Å². The molecule has 0 aliphatic rings. The maximum atomic E-state index is 8.35. The van der Waals surface area contributed by atoms with Crippen LogP contribution in [0, 0.1) is 0 Å². The Bertz CT molecular complexity index is 41.1. The molecule has 0 aromatic rings. The molecule has 0 aliphatic heterocycles. The number of hydrogen-bond acceptors (Lipinski definition) is 4. The molecule has 0 spiro atoms. The van der Waals surface area contributed by atoms with E-state index >= 15 is 0 Å². The summed E-state index contributed by atoms with van der Waals surface area (Å²) in [6.45, 7) is 1.50. The summed E-state index contributed by atoms with van der Waals surface area (Å²) in [5.74, 6) is 0. The van der Waals surface area contributed by atoms with Gasteiger partial charge in [0.15, 0.2) is 0 Å². The van der Waals surface area contributed by atoms with E-state index in [1.165, 1.54) is 0 Å². The Morgan fingerprint density at radius 2 is 1.11 bits per heavy atom. The van der Waals surface area contributed by atoms with Crippen LogP contribution in [0.15, 0.2) is 0 Å². The zero-order valence-corrected chi connectivity index (χ0v) is 7.44. The van der Waals surface area contributed by atoms with Gasteiger partial charge in [-0.25, -0.2) is 0 Å². The average molecular weight is 316 g/mol. The van der Waals surface area contributed by atoms with Crippen LogP contribution in [0.1, 0.15) is 2.74 Å². The van der Waals surface area contributed by atoms with Gasteiger partial charge in [0, 0.05) is 34.3 Å². The van der Waals surface area contributed by atoms with E-state index in [0.29, 0.717) is 0 Å². The summed E-state index contributed by atoms with van der Waals surface area (Å²) in [6, 6.07) is 0. The fourth-order valence-electron chi connectivity index (χ4n) is 0. The Labute approximate surface area is 71.1 Å². The van der Waals surface area contributed by atoms with Crippen LogP contribution >= 0.6 is 0 Å². The van der Waals surface area contributed by atoms with Gasteiger partial charge >= 0.3 is 0 Å². The standard InChI is InChI=1S/2CH4O.2CHO.Ir/c4*1-2;/h2*2H,1H3;2*1H;/q;;2*-1;/i;;2*1D;. The van der Waals surface area contributed by atoms with Crippen molar-refractivity contribution in [1.29, 1.82) is 0 Å². The molecule has 0 aliphatic carbocycles. The minimum Gasteiger partial charge on any atom is -0.545 e. The quantitative estimate of drug-likeness (QED) is 0.429. The average Bonchev–Trinajstić information content (AvgIpc) is 1.99. The van der Waals surface area contributed by atoms with Gasteiger partial charge in [0.05, 0.1) is 0 Å². The molecule has 0 aromatic heterocycles. The Balaban J connectivity index is -0.0000000144. The van der Waals surface area contributed by atoms with E-state index in [0.717, 1.165) is 27.7 Å². The molecule has 0 amide bonds. The molecule has 0 atom stereocenters. The summed E-state index contributed by atoms with van der Waals surface area (Å²) in [4.78, 5) is 16.7. The van der Waals surface area contributed by atoms with Gasteiger partial charge in [-0.05, 0) is 0 Å². The molecule has 0 unspecified atom stereocenters. The first-order valence-electron chi connectivity index (χ1n) is 2.30. The Morgan fingerprint density at radius 1 is 1.11 bits per heavy atom. The number of hydrogen-bond donors (Lipinski definition) is 2. The Hall–Kier alpha value is -0.0906. The molecule has 4 nitrogen and oxygen atoms in total. The second-order valence-electron chi connectivity index (χ2n) is 0. The van der Waals surface area contributed by atoms with Gasteiger partial charge in [0.1, 0.15) is 0 Å². The molecule has 2 N–H and O–H groups in total. The minimum absolute atomic E-state index is 0. The predicted molar refractivity (Wildman–Crippen MR) is 29.8 cm³/mol. The molecule has 0 aromatic carbocycles. The van der Waals surface area contributed by atoms with Gasteiger partial charge in [0.25, 0.3) is 0 Å². The van der Waals surface area contributed by atoms with E-state index in [9.17, 15) is 0 Å².